The summed E-state index contributed by atoms with van der Waals surface area (Å²) in [6.45, 7) is 4.90. The third-order valence-corrected chi connectivity index (χ3v) is 3.63. The minimum Gasteiger partial charge on any atom is -0.508 e. The van der Waals surface area contributed by atoms with E-state index in [1.807, 2.05) is 0 Å². The first-order valence-electron chi connectivity index (χ1n) is 6.83. The van der Waals surface area contributed by atoms with Crippen molar-refractivity contribution in [2.24, 2.45) is 0 Å². The van der Waals surface area contributed by atoms with E-state index in [1.54, 1.807) is 20.8 Å². The van der Waals surface area contributed by atoms with E-state index in [0.717, 1.165) is 0 Å². The molecule has 0 spiro atoms. The second-order valence-corrected chi connectivity index (χ2v) is 6.87. The van der Waals surface area contributed by atoms with Crippen molar-refractivity contribution in [3.05, 3.63) is 30.0 Å². The molecule has 0 bridgehead atoms. The van der Waals surface area contributed by atoms with E-state index in [1.165, 1.54) is 24.3 Å². The van der Waals surface area contributed by atoms with Crippen LogP contribution >= 0.6 is 11.3 Å². The van der Waals surface area contributed by atoms with Gasteiger partial charge in [-0.05, 0) is 38.5 Å². The van der Waals surface area contributed by atoms with E-state index < -0.39 is 23.6 Å². The summed E-state index contributed by atoms with van der Waals surface area (Å²) in [6.07, 6.45) is -5.60. The van der Waals surface area contributed by atoms with Gasteiger partial charge >= 0.3 is 12.3 Å². The molecule has 9 heteroatoms. The van der Waals surface area contributed by atoms with Crippen LogP contribution in [0.4, 0.5) is 23.1 Å². The highest BCUT2D eigenvalue weighted by atomic mass is 32.1. The van der Waals surface area contributed by atoms with Gasteiger partial charge in [-0.2, -0.15) is 13.2 Å². The second-order valence-electron chi connectivity index (χ2n) is 5.87. The van der Waals surface area contributed by atoms with Gasteiger partial charge < -0.3 is 9.84 Å². The number of nitrogens with zero attached hydrogens (tertiary/aromatic N) is 1. The molecular formula is C15H15F3N2O3S. The first kappa shape index (κ1) is 18.1. The normalized spacial score (nSPS) is 12.1. The Bertz CT molecular complexity index is 751. The zero-order valence-corrected chi connectivity index (χ0v) is 13.9. The molecule has 1 heterocycles. The Kier molecular flexibility index (Phi) is 4.75. The number of alkyl halides is 3. The number of ether oxygens (including phenoxy) is 1. The molecule has 0 aliphatic carbocycles. The molecule has 0 unspecified atom stereocenters. The Hall–Kier alpha value is -2.29. The number of rotatable bonds is 2. The van der Waals surface area contributed by atoms with Gasteiger partial charge in [0, 0.05) is 0 Å². The van der Waals surface area contributed by atoms with Crippen LogP contribution in [0.25, 0.3) is 10.4 Å². The van der Waals surface area contributed by atoms with E-state index in [0.29, 0.717) is 11.3 Å². The first-order chi connectivity index (χ1) is 11.0. The minimum absolute atomic E-state index is 0.150. The van der Waals surface area contributed by atoms with Gasteiger partial charge in [-0.25, -0.2) is 9.78 Å². The van der Waals surface area contributed by atoms with Crippen molar-refractivity contribution in [2.75, 3.05) is 5.32 Å². The number of phenolic OH excluding ortho intramolecular Hbond substituents is 1. The van der Waals surface area contributed by atoms with Crippen LogP contribution in [-0.4, -0.2) is 21.8 Å². The number of amides is 1. The summed E-state index contributed by atoms with van der Waals surface area (Å²) in [5.74, 6) is -0.171. The fourth-order valence-electron chi connectivity index (χ4n) is 1.80. The summed E-state index contributed by atoms with van der Waals surface area (Å²) in [6, 6.07) is 5.38. The summed E-state index contributed by atoms with van der Waals surface area (Å²) in [5.41, 5.74) is -1.77. The standard InChI is InChI=1S/C15H15F3N2O3S/c1-14(2,3)23-13(22)20-12-19-11(15(16,17)18)10(24-12)8-5-4-6-9(21)7-8/h4-7,21H,1-3H3,(H,19,20,22). The molecule has 1 aromatic heterocycles. The predicted molar refractivity (Wildman–Crippen MR) is 84.1 cm³/mol. The number of anilines is 1. The molecule has 2 N–H and O–H groups in total. The number of hydrogen-bond acceptors (Lipinski definition) is 5. The number of aromatic nitrogens is 1. The summed E-state index contributed by atoms with van der Waals surface area (Å²) in [4.78, 5) is 15.0. The lowest BCUT2D eigenvalue weighted by Crippen LogP contribution is -2.27. The van der Waals surface area contributed by atoms with Crippen LogP contribution in [0.15, 0.2) is 24.3 Å². The SMILES string of the molecule is CC(C)(C)OC(=O)Nc1nc(C(F)(F)F)c(-c2cccc(O)c2)s1. The van der Waals surface area contributed by atoms with Crippen LogP contribution in [-0.2, 0) is 10.9 Å². The van der Waals surface area contributed by atoms with Gasteiger partial charge in [0.25, 0.3) is 0 Å². The molecule has 2 aromatic rings. The number of aromatic hydroxyl groups is 1. The molecule has 0 atom stereocenters. The van der Waals surface area contributed by atoms with E-state index in [4.69, 9.17) is 4.74 Å². The highest BCUT2D eigenvalue weighted by molar-refractivity contribution is 7.19. The molecule has 0 radical (unpaired) electrons. The van der Waals surface area contributed by atoms with Gasteiger partial charge in [-0.1, -0.05) is 23.5 Å². The highest BCUT2D eigenvalue weighted by Crippen LogP contribution is 2.42. The van der Waals surface area contributed by atoms with Crippen molar-refractivity contribution in [3.63, 3.8) is 0 Å². The molecule has 2 rings (SSSR count). The molecule has 0 saturated heterocycles. The van der Waals surface area contributed by atoms with Gasteiger partial charge in [-0.15, -0.1) is 0 Å². The van der Waals surface area contributed by atoms with Crippen LogP contribution in [0.1, 0.15) is 26.5 Å². The summed E-state index contributed by atoms with van der Waals surface area (Å²) < 4.78 is 44.6. The number of phenols is 1. The molecule has 1 aromatic carbocycles. The number of nitrogens with one attached hydrogen (secondary N) is 1. The molecule has 24 heavy (non-hydrogen) atoms. The van der Waals surface area contributed by atoms with Crippen molar-refractivity contribution >= 4 is 22.6 Å². The molecule has 0 saturated carbocycles. The van der Waals surface area contributed by atoms with Crippen molar-refractivity contribution in [1.29, 1.82) is 0 Å². The molecular weight excluding hydrogens is 345 g/mol. The van der Waals surface area contributed by atoms with Crippen molar-refractivity contribution in [2.45, 2.75) is 32.5 Å². The van der Waals surface area contributed by atoms with Crippen LogP contribution in [0.3, 0.4) is 0 Å². The third kappa shape index (κ3) is 4.60. The van der Waals surface area contributed by atoms with Gasteiger partial charge in [-0.3, -0.25) is 5.32 Å². The van der Waals surface area contributed by atoms with Gasteiger partial charge in [0.2, 0.25) is 0 Å². The topological polar surface area (TPSA) is 71.5 Å². The zero-order valence-electron chi connectivity index (χ0n) is 13.1. The maximum absolute atomic E-state index is 13.2. The number of hydrogen-bond donors (Lipinski definition) is 2. The first-order valence-corrected chi connectivity index (χ1v) is 7.65. The molecule has 0 fully saturated rings. The Morgan fingerprint density at radius 1 is 1.29 bits per heavy atom. The largest absolute Gasteiger partial charge is 0.508 e. The fraction of sp³-hybridized carbons (Fsp3) is 0.333. The maximum Gasteiger partial charge on any atom is 0.434 e. The smallest absolute Gasteiger partial charge is 0.434 e. The highest BCUT2D eigenvalue weighted by Gasteiger charge is 2.38. The summed E-state index contributed by atoms with van der Waals surface area (Å²) in [5, 5.41) is 11.4. The number of carbonyl (C=O) groups is 1. The molecule has 5 nitrogen and oxygen atoms in total. The average molecular weight is 360 g/mol. The lowest BCUT2D eigenvalue weighted by Gasteiger charge is -2.18. The molecule has 0 aliphatic heterocycles. The Morgan fingerprint density at radius 2 is 1.96 bits per heavy atom. The van der Waals surface area contributed by atoms with E-state index >= 15 is 0 Å². The number of halogens is 3. The Labute approximate surface area is 140 Å². The van der Waals surface area contributed by atoms with Crippen molar-refractivity contribution in [3.8, 4) is 16.2 Å². The van der Waals surface area contributed by atoms with Gasteiger partial charge in [0.15, 0.2) is 10.8 Å². The van der Waals surface area contributed by atoms with E-state index in [2.05, 4.69) is 10.3 Å². The minimum atomic E-state index is -4.70. The number of thiazole rings is 1. The fourth-order valence-corrected chi connectivity index (χ4v) is 2.77. The van der Waals surface area contributed by atoms with Crippen molar-refractivity contribution in [1.82, 2.24) is 4.98 Å². The Morgan fingerprint density at radius 3 is 2.50 bits per heavy atom. The average Bonchev–Trinajstić information content (AvgIpc) is 2.80. The summed E-state index contributed by atoms with van der Waals surface area (Å²) >= 11 is 0.648. The van der Waals surface area contributed by atoms with Gasteiger partial charge in [0.05, 0.1) is 4.88 Å². The van der Waals surface area contributed by atoms with Gasteiger partial charge in [0.1, 0.15) is 11.4 Å². The molecule has 1 amide bonds. The zero-order chi connectivity index (χ0) is 18.1. The van der Waals surface area contributed by atoms with Crippen LogP contribution in [0.2, 0.25) is 0 Å². The molecule has 0 aliphatic rings. The van der Waals surface area contributed by atoms with Crippen molar-refractivity contribution < 1.29 is 27.8 Å². The lowest BCUT2D eigenvalue weighted by atomic mass is 10.1. The quantitative estimate of drug-likeness (QED) is 0.801. The second kappa shape index (κ2) is 6.31. The Balaban J connectivity index is 2.38. The van der Waals surface area contributed by atoms with Crippen LogP contribution in [0, 0.1) is 0 Å². The monoisotopic (exact) mass is 360 g/mol. The van der Waals surface area contributed by atoms with E-state index in [-0.39, 0.29) is 21.3 Å². The third-order valence-electron chi connectivity index (χ3n) is 2.61. The molecule has 130 valence electrons. The maximum atomic E-state index is 13.2. The lowest BCUT2D eigenvalue weighted by molar-refractivity contribution is -0.140. The van der Waals surface area contributed by atoms with Crippen LogP contribution in [0.5, 0.6) is 5.75 Å². The number of carbonyl (C=O) groups excluding carboxylic acids is 1. The van der Waals surface area contributed by atoms with E-state index in [9.17, 15) is 23.1 Å². The van der Waals surface area contributed by atoms with Crippen LogP contribution < -0.4 is 5.32 Å². The number of benzene rings is 1. The predicted octanol–water partition coefficient (Wildman–Crippen LogP) is 4.88. The summed E-state index contributed by atoms with van der Waals surface area (Å²) in [7, 11) is 0.